The Balaban J connectivity index is 2.91. The van der Waals surface area contributed by atoms with Crippen LogP contribution in [0.4, 0.5) is 0 Å². The molecule has 1 unspecified atom stereocenters. The van der Waals surface area contributed by atoms with Crippen molar-refractivity contribution >= 4 is 19.0 Å². The summed E-state index contributed by atoms with van der Waals surface area (Å²) in [4.78, 5) is 9.94. The third kappa shape index (κ3) is 4.90. The summed E-state index contributed by atoms with van der Waals surface area (Å²) in [5.74, 6) is 0. The van der Waals surface area contributed by atoms with Crippen molar-refractivity contribution in [1.29, 1.82) is 0 Å². The van der Waals surface area contributed by atoms with E-state index in [1.807, 2.05) is 6.92 Å². The van der Waals surface area contributed by atoms with Crippen molar-refractivity contribution in [3.63, 3.8) is 0 Å². The molecule has 0 fully saturated rings. The lowest BCUT2D eigenvalue weighted by molar-refractivity contribution is 0.0678. The maximum absolute atomic E-state index is 12.1. The van der Waals surface area contributed by atoms with Crippen LogP contribution in [-0.4, -0.2) is 28.9 Å². The minimum absolute atomic E-state index is 0.106. The highest BCUT2D eigenvalue weighted by Crippen LogP contribution is 2.46. The van der Waals surface area contributed by atoms with Crippen molar-refractivity contribution in [2.24, 2.45) is 5.73 Å². The average Bonchev–Trinajstić information content (AvgIpc) is 2.36. The number of benzene rings is 1. The van der Waals surface area contributed by atoms with Crippen LogP contribution in [0.5, 0.6) is 0 Å². The smallest absolute Gasteiger partial charge is 0.203 e. The molecule has 2 atom stereocenters. The van der Waals surface area contributed by atoms with Crippen LogP contribution in [0.25, 0.3) is 0 Å². The van der Waals surface area contributed by atoms with E-state index in [-0.39, 0.29) is 18.9 Å². The predicted molar refractivity (Wildman–Crippen MR) is 78.9 cm³/mol. The van der Waals surface area contributed by atoms with Gasteiger partial charge in [-0.25, -0.2) is 0 Å². The monoisotopic (exact) mass is 305 g/mol. The van der Waals surface area contributed by atoms with E-state index in [0.717, 1.165) is 6.42 Å². The molecule has 6 heteroatoms. The van der Waals surface area contributed by atoms with E-state index >= 15 is 0 Å². The molecule has 0 bridgehead atoms. The number of rotatable bonds is 7. The fourth-order valence-electron chi connectivity index (χ4n) is 1.93. The molecule has 4 N–H and O–H groups in total. The summed E-state index contributed by atoms with van der Waals surface area (Å²) in [5, 5.41) is 11.1. The summed E-state index contributed by atoms with van der Waals surface area (Å²) >= 11 is 5.79. The molecule has 0 aliphatic carbocycles. The molecule has 4 nitrogen and oxygen atoms in total. The Hall–Kier alpha value is -0.380. The van der Waals surface area contributed by atoms with Gasteiger partial charge in [-0.15, -0.1) is 0 Å². The van der Waals surface area contributed by atoms with Gasteiger partial charge in [-0.2, -0.15) is 0 Å². The Bertz CT molecular complexity index is 452. The third-order valence-electron chi connectivity index (χ3n) is 3.09. The molecule has 1 aromatic rings. The molecular weight excluding hydrogens is 285 g/mol. The van der Waals surface area contributed by atoms with Crippen molar-refractivity contribution < 1.29 is 14.6 Å². The van der Waals surface area contributed by atoms with Crippen molar-refractivity contribution in [1.82, 2.24) is 0 Å². The summed E-state index contributed by atoms with van der Waals surface area (Å²) in [5.41, 5.74) is 4.63. The van der Waals surface area contributed by atoms with Crippen LogP contribution in [0.3, 0.4) is 0 Å². The van der Waals surface area contributed by atoms with E-state index in [0.29, 0.717) is 17.0 Å². The second-order valence-electron chi connectivity index (χ2n) is 4.82. The molecule has 1 aromatic carbocycles. The first-order valence-electron chi connectivity index (χ1n) is 6.32. The lowest BCUT2D eigenvalue weighted by atomic mass is 9.96. The number of aliphatic hydroxyl groups is 1. The van der Waals surface area contributed by atoms with Crippen LogP contribution in [0.2, 0.25) is 5.02 Å². The van der Waals surface area contributed by atoms with Crippen LogP contribution < -0.4 is 5.73 Å². The molecule has 108 valence electrons. The van der Waals surface area contributed by atoms with E-state index in [1.54, 1.807) is 24.3 Å². The van der Waals surface area contributed by atoms with Gasteiger partial charge in [0.2, 0.25) is 7.37 Å². The van der Waals surface area contributed by atoms with Gasteiger partial charge < -0.3 is 15.7 Å². The number of hydrogen-bond acceptors (Lipinski definition) is 3. The highest BCUT2D eigenvalue weighted by molar-refractivity contribution is 7.58. The van der Waals surface area contributed by atoms with Gasteiger partial charge >= 0.3 is 0 Å². The Labute approximate surface area is 119 Å². The summed E-state index contributed by atoms with van der Waals surface area (Å²) in [6.45, 7) is 1.85. The van der Waals surface area contributed by atoms with Gasteiger partial charge in [-0.05, 0) is 24.1 Å². The number of unbranched alkanes of at least 4 members (excludes halogenated alkanes) is 1. The van der Waals surface area contributed by atoms with Crippen LogP contribution >= 0.6 is 19.0 Å². The minimum Gasteiger partial charge on any atom is -0.383 e. The molecule has 1 rings (SSSR count). The Morgan fingerprint density at radius 2 is 1.95 bits per heavy atom. The van der Waals surface area contributed by atoms with Crippen LogP contribution in [0, 0.1) is 0 Å². The second-order valence-corrected chi connectivity index (χ2v) is 7.72. The van der Waals surface area contributed by atoms with E-state index in [9.17, 15) is 14.6 Å². The first-order chi connectivity index (χ1) is 8.83. The van der Waals surface area contributed by atoms with Gasteiger partial charge in [-0.1, -0.05) is 37.1 Å². The maximum atomic E-state index is 12.1. The van der Waals surface area contributed by atoms with E-state index < -0.39 is 13.0 Å². The van der Waals surface area contributed by atoms with E-state index in [2.05, 4.69) is 0 Å². The Morgan fingerprint density at radius 3 is 2.42 bits per heavy atom. The average molecular weight is 306 g/mol. The van der Waals surface area contributed by atoms with Gasteiger partial charge in [0, 0.05) is 17.7 Å². The second kappa shape index (κ2) is 6.87. The summed E-state index contributed by atoms with van der Waals surface area (Å²) < 4.78 is 12.1. The summed E-state index contributed by atoms with van der Waals surface area (Å²) in [7, 11) is -3.39. The maximum Gasteiger partial charge on any atom is 0.203 e. The molecule has 0 saturated heterocycles. The topological polar surface area (TPSA) is 83.5 Å². The normalized spacial score (nSPS) is 17.7. The molecule has 0 amide bonds. The van der Waals surface area contributed by atoms with Gasteiger partial charge in [-0.3, -0.25) is 4.57 Å². The van der Waals surface area contributed by atoms with Crippen LogP contribution in [0.15, 0.2) is 24.3 Å². The molecule has 0 spiro atoms. The van der Waals surface area contributed by atoms with Crippen molar-refractivity contribution in [3.8, 4) is 0 Å². The predicted octanol–water partition coefficient (Wildman–Crippen LogP) is 2.56. The van der Waals surface area contributed by atoms with Crippen molar-refractivity contribution in [2.75, 3.05) is 18.9 Å². The fourth-order valence-corrected chi connectivity index (χ4v) is 4.15. The SMILES string of the molecule is CCCCP(=O)(O)C[C@](O)(CN)c1ccc(Cl)cc1. The summed E-state index contributed by atoms with van der Waals surface area (Å²) in [6, 6.07) is 6.53. The first-order valence-corrected chi connectivity index (χ1v) is 8.73. The zero-order valence-corrected chi connectivity index (χ0v) is 12.7. The zero-order valence-electron chi connectivity index (χ0n) is 11.1. The standard InChI is InChI=1S/C13H21ClNO3P/c1-2-3-8-19(17,18)10-13(16,9-15)11-4-6-12(14)7-5-11/h4-7,16H,2-3,8-10,15H2,1H3,(H,17,18)/t13-/m1/s1. The Morgan fingerprint density at radius 1 is 1.37 bits per heavy atom. The van der Waals surface area contributed by atoms with Gasteiger partial charge in [0.25, 0.3) is 0 Å². The quantitative estimate of drug-likeness (QED) is 0.676. The molecule has 0 saturated carbocycles. The van der Waals surface area contributed by atoms with Crippen molar-refractivity contribution in [3.05, 3.63) is 34.9 Å². The molecule has 19 heavy (non-hydrogen) atoms. The number of hydrogen-bond donors (Lipinski definition) is 3. The largest absolute Gasteiger partial charge is 0.383 e. The van der Waals surface area contributed by atoms with E-state index in [4.69, 9.17) is 17.3 Å². The zero-order chi connectivity index (χ0) is 14.5. The van der Waals surface area contributed by atoms with E-state index in [1.165, 1.54) is 0 Å². The van der Waals surface area contributed by atoms with Crippen LogP contribution in [-0.2, 0) is 10.2 Å². The molecule has 0 radical (unpaired) electrons. The first kappa shape index (κ1) is 16.7. The molecular formula is C13H21ClNO3P. The molecule has 0 aliphatic heterocycles. The van der Waals surface area contributed by atoms with Gasteiger partial charge in [0.1, 0.15) is 5.60 Å². The number of nitrogens with two attached hydrogens (primary N) is 1. The molecule has 0 aliphatic rings. The highest BCUT2D eigenvalue weighted by Gasteiger charge is 2.35. The lowest BCUT2D eigenvalue weighted by Crippen LogP contribution is -2.38. The van der Waals surface area contributed by atoms with Crippen molar-refractivity contribution in [2.45, 2.75) is 25.4 Å². The lowest BCUT2D eigenvalue weighted by Gasteiger charge is -2.29. The van der Waals surface area contributed by atoms with Gasteiger partial charge in [0.05, 0.1) is 6.16 Å². The Kier molecular flexibility index (Phi) is 6.03. The highest BCUT2D eigenvalue weighted by atomic mass is 35.5. The minimum atomic E-state index is -3.39. The fraction of sp³-hybridized carbons (Fsp3) is 0.538. The molecule has 0 heterocycles. The number of halogens is 1. The van der Waals surface area contributed by atoms with Gasteiger partial charge in [0.15, 0.2) is 0 Å². The summed E-state index contributed by atoms with van der Waals surface area (Å²) in [6.07, 6.45) is 1.49. The molecule has 0 aromatic heterocycles. The third-order valence-corrected chi connectivity index (χ3v) is 5.37. The van der Waals surface area contributed by atoms with Crippen LogP contribution in [0.1, 0.15) is 25.3 Å².